The molecule has 0 aliphatic carbocycles. The first kappa shape index (κ1) is 22.2. The summed E-state index contributed by atoms with van der Waals surface area (Å²) in [7, 11) is 4.06. The van der Waals surface area contributed by atoms with Crippen molar-refractivity contribution < 1.29 is 9.53 Å². The molecule has 1 saturated heterocycles. The molecule has 122 valence electrons. The lowest BCUT2D eigenvalue weighted by Crippen LogP contribution is -2.54. The molecule has 2 atom stereocenters. The first-order chi connectivity index (χ1) is 8.49. The van der Waals surface area contributed by atoms with Crippen LogP contribution in [0, 0.1) is 5.92 Å². The minimum absolute atomic E-state index is 0. The third kappa shape index (κ3) is 8.97. The van der Waals surface area contributed by atoms with Crippen molar-refractivity contribution in [2.75, 3.05) is 40.4 Å². The quantitative estimate of drug-likeness (QED) is 0.760. The second-order valence-corrected chi connectivity index (χ2v) is 5.68. The van der Waals surface area contributed by atoms with Gasteiger partial charge < -0.3 is 20.3 Å². The predicted octanol–water partition coefficient (Wildman–Crippen LogP) is 0.911. The molecule has 0 aromatic rings. The lowest BCUT2D eigenvalue weighted by atomic mass is 10.0. The van der Waals surface area contributed by atoms with Gasteiger partial charge in [-0.25, -0.2) is 0 Å². The van der Waals surface area contributed by atoms with Gasteiger partial charge >= 0.3 is 0 Å². The summed E-state index contributed by atoms with van der Waals surface area (Å²) in [4.78, 5) is 14.2. The Hall–Kier alpha value is -0.0700. The topological polar surface area (TPSA) is 53.6 Å². The summed E-state index contributed by atoms with van der Waals surface area (Å²) in [5.74, 6) is 0.632. The van der Waals surface area contributed by atoms with E-state index in [1.165, 1.54) is 0 Å². The SMILES string of the molecule is CC(C)CC(CN(C)C)NC(=O)C1COCCN1.Cl.Cl. The van der Waals surface area contributed by atoms with E-state index in [0.29, 0.717) is 19.1 Å². The van der Waals surface area contributed by atoms with Gasteiger partial charge in [0.25, 0.3) is 0 Å². The molecule has 0 bridgehead atoms. The van der Waals surface area contributed by atoms with E-state index >= 15 is 0 Å². The molecule has 1 amide bonds. The normalized spacial score (nSPS) is 20.0. The van der Waals surface area contributed by atoms with Crippen LogP contribution in [0.2, 0.25) is 0 Å². The molecular formula is C13H29Cl2N3O2. The molecule has 0 saturated carbocycles. The number of ether oxygens (including phenoxy) is 1. The van der Waals surface area contributed by atoms with E-state index in [0.717, 1.165) is 19.5 Å². The van der Waals surface area contributed by atoms with Crippen LogP contribution in [0.5, 0.6) is 0 Å². The van der Waals surface area contributed by atoms with E-state index in [1.54, 1.807) is 0 Å². The summed E-state index contributed by atoms with van der Waals surface area (Å²) in [5, 5.41) is 6.31. The lowest BCUT2D eigenvalue weighted by molar-refractivity contribution is -0.126. The molecule has 1 aliphatic rings. The molecule has 1 rings (SSSR count). The number of halogens is 2. The van der Waals surface area contributed by atoms with Crippen LogP contribution in [-0.4, -0.2) is 63.3 Å². The number of nitrogens with one attached hydrogen (secondary N) is 2. The van der Waals surface area contributed by atoms with Crippen LogP contribution < -0.4 is 10.6 Å². The molecule has 2 unspecified atom stereocenters. The number of nitrogens with zero attached hydrogens (tertiary/aromatic N) is 1. The second kappa shape index (κ2) is 11.6. The van der Waals surface area contributed by atoms with Crippen molar-refractivity contribution in [3.05, 3.63) is 0 Å². The molecule has 0 aromatic carbocycles. The van der Waals surface area contributed by atoms with Crippen LogP contribution >= 0.6 is 24.8 Å². The maximum Gasteiger partial charge on any atom is 0.239 e. The summed E-state index contributed by atoms with van der Waals surface area (Å²) in [6.07, 6.45) is 0.998. The average molecular weight is 330 g/mol. The first-order valence-corrected chi connectivity index (χ1v) is 6.75. The number of hydrogen-bond donors (Lipinski definition) is 2. The summed E-state index contributed by atoms with van der Waals surface area (Å²) in [5.41, 5.74) is 0. The Kier molecular flexibility index (Phi) is 12.9. The summed E-state index contributed by atoms with van der Waals surface area (Å²) < 4.78 is 5.31. The highest BCUT2D eigenvalue weighted by Gasteiger charge is 2.24. The molecule has 1 fully saturated rings. The Bertz CT molecular complexity index is 250. The van der Waals surface area contributed by atoms with E-state index in [4.69, 9.17) is 4.74 Å². The summed E-state index contributed by atoms with van der Waals surface area (Å²) in [6, 6.07) is 0.00630. The van der Waals surface area contributed by atoms with Crippen molar-refractivity contribution in [2.45, 2.75) is 32.4 Å². The van der Waals surface area contributed by atoms with Gasteiger partial charge in [0.05, 0.1) is 13.2 Å². The first-order valence-electron chi connectivity index (χ1n) is 6.75. The van der Waals surface area contributed by atoms with E-state index < -0.39 is 0 Å². The van der Waals surface area contributed by atoms with Gasteiger partial charge in [-0.3, -0.25) is 4.79 Å². The smallest absolute Gasteiger partial charge is 0.239 e. The van der Waals surface area contributed by atoms with Gasteiger partial charge in [-0.2, -0.15) is 0 Å². The summed E-state index contributed by atoms with van der Waals surface area (Å²) >= 11 is 0. The molecule has 1 heterocycles. The highest BCUT2D eigenvalue weighted by Crippen LogP contribution is 2.06. The number of carbonyl (C=O) groups excluding carboxylic acids is 1. The van der Waals surface area contributed by atoms with Crippen molar-refractivity contribution >= 4 is 30.7 Å². The highest BCUT2D eigenvalue weighted by molar-refractivity contribution is 5.85. The van der Waals surface area contributed by atoms with Gasteiger partial charge in [-0.15, -0.1) is 24.8 Å². The van der Waals surface area contributed by atoms with Crippen molar-refractivity contribution in [3.8, 4) is 0 Å². The van der Waals surface area contributed by atoms with Crippen LogP contribution in [0.15, 0.2) is 0 Å². The monoisotopic (exact) mass is 329 g/mol. The minimum atomic E-state index is -0.199. The standard InChI is InChI=1S/C13H27N3O2.2ClH/c1-10(2)7-11(8-16(3)4)15-13(17)12-9-18-6-5-14-12;;/h10-12,14H,5-9H2,1-4H3,(H,15,17);2*1H. The third-order valence-corrected chi connectivity index (χ3v) is 2.93. The Morgan fingerprint density at radius 1 is 1.40 bits per heavy atom. The fourth-order valence-corrected chi connectivity index (χ4v) is 2.22. The van der Waals surface area contributed by atoms with E-state index in [2.05, 4.69) is 29.4 Å². The molecule has 20 heavy (non-hydrogen) atoms. The molecule has 0 spiro atoms. The van der Waals surface area contributed by atoms with Crippen LogP contribution in [0.4, 0.5) is 0 Å². The number of likely N-dealkylation sites (N-methyl/N-ethyl adjacent to an activating group) is 1. The van der Waals surface area contributed by atoms with Crippen molar-refractivity contribution in [1.29, 1.82) is 0 Å². The largest absolute Gasteiger partial charge is 0.378 e. The minimum Gasteiger partial charge on any atom is -0.378 e. The average Bonchev–Trinajstić information content (AvgIpc) is 2.28. The van der Waals surface area contributed by atoms with Crippen molar-refractivity contribution in [3.63, 3.8) is 0 Å². The Labute approximate surface area is 135 Å². The van der Waals surface area contributed by atoms with Crippen molar-refractivity contribution in [1.82, 2.24) is 15.5 Å². The molecule has 1 aliphatic heterocycles. The van der Waals surface area contributed by atoms with E-state index in [-0.39, 0.29) is 42.8 Å². The fourth-order valence-electron chi connectivity index (χ4n) is 2.22. The van der Waals surface area contributed by atoms with Crippen LogP contribution in [0.3, 0.4) is 0 Å². The molecule has 0 radical (unpaired) electrons. The zero-order valence-electron chi connectivity index (χ0n) is 12.8. The number of amides is 1. The molecular weight excluding hydrogens is 301 g/mol. The molecule has 2 N–H and O–H groups in total. The van der Waals surface area contributed by atoms with Gasteiger partial charge in [-0.05, 0) is 26.4 Å². The zero-order valence-corrected chi connectivity index (χ0v) is 14.5. The Morgan fingerprint density at radius 3 is 2.50 bits per heavy atom. The van der Waals surface area contributed by atoms with Crippen LogP contribution in [0.25, 0.3) is 0 Å². The lowest BCUT2D eigenvalue weighted by Gasteiger charge is -2.28. The van der Waals surface area contributed by atoms with E-state index in [1.807, 2.05) is 14.1 Å². The van der Waals surface area contributed by atoms with Gasteiger partial charge in [0.15, 0.2) is 0 Å². The molecule has 0 aromatic heterocycles. The van der Waals surface area contributed by atoms with Crippen LogP contribution in [-0.2, 0) is 9.53 Å². The number of carbonyl (C=O) groups is 1. The Balaban J connectivity index is 0. The zero-order chi connectivity index (χ0) is 13.5. The molecule has 7 heteroatoms. The van der Waals surface area contributed by atoms with Gasteiger partial charge in [0, 0.05) is 19.1 Å². The predicted molar refractivity (Wildman–Crippen MR) is 87.0 cm³/mol. The third-order valence-electron chi connectivity index (χ3n) is 2.93. The number of morpholine rings is 1. The maximum absolute atomic E-state index is 12.1. The van der Waals surface area contributed by atoms with Crippen molar-refractivity contribution in [2.24, 2.45) is 5.92 Å². The van der Waals surface area contributed by atoms with Crippen LogP contribution in [0.1, 0.15) is 20.3 Å². The second-order valence-electron chi connectivity index (χ2n) is 5.68. The Morgan fingerprint density at radius 2 is 2.05 bits per heavy atom. The van der Waals surface area contributed by atoms with E-state index in [9.17, 15) is 4.79 Å². The highest BCUT2D eigenvalue weighted by atomic mass is 35.5. The van der Waals surface area contributed by atoms with Gasteiger partial charge in [-0.1, -0.05) is 13.8 Å². The van der Waals surface area contributed by atoms with Gasteiger partial charge in [0.2, 0.25) is 5.91 Å². The number of rotatable bonds is 6. The summed E-state index contributed by atoms with van der Waals surface area (Å²) in [6.45, 7) is 7.14. The number of hydrogen-bond acceptors (Lipinski definition) is 4. The van der Waals surface area contributed by atoms with Gasteiger partial charge in [0.1, 0.15) is 6.04 Å². The fraction of sp³-hybridized carbons (Fsp3) is 0.923. The maximum atomic E-state index is 12.1. The molecule has 5 nitrogen and oxygen atoms in total.